The second kappa shape index (κ2) is 5.14. The summed E-state index contributed by atoms with van der Waals surface area (Å²) in [6, 6.07) is 17.5. The van der Waals surface area contributed by atoms with E-state index in [2.05, 4.69) is 0 Å². The van der Waals surface area contributed by atoms with Gasteiger partial charge in [0.25, 0.3) is 0 Å². The first-order chi connectivity index (χ1) is 13.2. The first kappa shape index (κ1) is 15.1. The third-order valence-corrected chi connectivity index (χ3v) is 4.92. The van der Waals surface area contributed by atoms with Gasteiger partial charge in [-0.3, -0.25) is 9.59 Å². The van der Waals surface area contributed by atoms with E-state index in [-0.39, 0.29) is 45.4 Å². The molecule has 2 aromatic rings. The van der Waals surface area contributed by atoms with Crippen molar-refractivity contribution in [3.63, 3.8) is 0 Å². The van der Waals surface area contributed by atoms with Gasteiger partial charge in [0.2, 0.25) is 0 Å². The lowest BCUT2D eigenvalue weighted by atomic mass is 9.88. The van der Waals surface area contributed by atoms with Crippen LogP contribution in [0, 0.1) is 22.7 Å². The van der Waals surface area contributed by atoms with Gasteiger partial charge in [-0.1, -0.05) is 48.5 Å². The fraction of sp³-hybridized carbons (Fsp3) is 0. The molecule has 0 saturated carbocycles. The van der Waals surface area contributed by atoms with Crippen LogP contribution in [0.25, 0.3) is 11.5 Å². The van der Waals surface area contributed by atoms with Gasteiger partial charge < -0.3 is 4.74 Å². The van der Waals surface area contributed by atoms with E-state index in [1.807, 2.05) is 12.1 Å². The minimum absolute atomic E-state index is 0.0682. The van der Waals surface area contributed by atoms with Crippen LogP contribution in [0.4, 0.5) is 0 Å². The topological polar surface area (TPSA) is 90.9 Å². The van der Waals surface area contributed by atoms with Crippen LogP contribution in [-0.2, 0) is 4.74 Å². The highest BCUT2D eigenvalue weighted by molar-refractivity contribution is 6.31. The summed E-state index contributed by atoms with van der Waals surface area (Å²) in [6.07, 6.45) is 0. The summed E-state index contributed by atoms with van der Waals surface area (Å²) < 4.78 is 6.06. The zero-order chi connectivity index (χ0) is 18.7. The first-order valence-electron chi connectivity index (χ1n) is 8.17. The summed E-state index contributed by atoms with van der Waals surface area (Å²) in [6.45, 7) is 0. The molecule has 0 amide bonds. The number of hydrogen-bond acceptors (Lipinski definition) is 5. The minimum atomic E-state index is -0.353. The second-order valence-electron chi connectivity index (χ2n) is 6.23. The van der Waals surface area contributed by atoms with Crippen molar-refractivity contribution < 1.29 is 14.3 Å². The SMILES string of the molecule is N#CC(C#N)=C1C2=C(OC3=C1C(=O)c1ccccc13)c1ccccc1C2=O. The predicted octanol–water partition coefficient (Wildman–Crippen LogP) is 3.58. The number of hydrogen-bond donors (Lipinski definition) is 0. The standard InChI is InChI=1S/C22H8N2O3/c23-9-11(10-24)16-17-19(25)12-5-1-3-7-14(12)21(17)27-22-15-8-4-2-6-13(15)20(26)18(16)22/h1-8H. The van der Waals surface area contributed by atoms with E-state index < -0.39 is 0 Å². The van der Waals surface area contributed by atoms with Gasteiger partial charge >= 0.3 is 0 Å². The molecule has 0 fully saturated rings. The van der Waals surface area contributed by atoms with E-state index in [0.717, 1.165) is 0 Å². The number of Topliss-reactive ketones (excluding diaryl/α,β-unsaturated/α-hetero) is 2. The average molecular weight is 348 g/mol. The molecule has 1 heterocycles. The molecular formula is C22H8N2O3. The van der Waals surface area contributed by atoms with Gasteiger partial charge in [-0.15, -0.1) is 0 Å². The Morgan fingerprint density at radius 2 is 1.11 bits per heavy atom. The van der Waals surface area contributed by atoms with Crippen molar-refractivity contribution in [2.75, 3.05) is 0 Å². The molecule has 0 unspecified atom stereocenters. The summed E-state index contributed by atoms with van der Waals surface area (Å²) in [5, 5.41) is 19.0. The molecule has 3 aliphatic rings. The summed E-state index contributed by atoms with van der Waals surface area (Å²) in [7, 11) is 0. The zero-order valence-electron chi connectivity index (χ0n) is 13.7. The Balaban J connectivity index is 1.87. The number of fused-ring (bicyclic) bond motifs is 4. The number of ketones is 2. The highest BCUT2D eigenvalue weighted by atomic mass is 16.5. The van der Waals surface area contributed by atoms with Crippen molar-refractivity contribution >= 4 is 23.1 Å². The van der Waals surface area contributed by atoms with Crippen LogP contribution in [-0.4, -0.2) is 11.6 Å². The number of carbonyl (C=O) groups is 2. The van der Waals surface area contributed by atoms with Gasteiger partial charge in [-0.25, -0.2) is 0 Å². The van der Waals surface area contributed by atoms with E-state index >= 15 is 0 Å². The quantitative estimate of drug-likeness (QED) is 0.679. The number of benzene rings is 2. The van der Waals surface area contributed by atoms with Gasteiger partial charge in [-0.2, -0.15) is 10.5 Å². The van der Waals surface area contributed by atoms with Crippen LogP contribution in [0.15, 0.2) is 70.8 Å². The van der Waals surface area contributed by atoms with Gasteiger partial charge in [-0.05, 0) is 0 Å². The molecule has 1 aliphatic heterocycles. The average Bonchev–Trinajstić information content (AvgIpc) is 3.16. The van der Waals surface area contributed by atoms with E-state index in [0.29, 0.717) is 22.3 Å². The lowest BCUT2D eigenvalue weighted by Gasteiger charge is -2.20. The molecule has 0 saturated heterocycles. The monoisotopic (exact) mass is 348 g/mol. The lowest BCUT2D eigenvalue weighted by Crippen LogP contribution is -2.14. The predicted molar refractivity (Wildman–Crippen MR) is 94.7 cm³/mol. The fourth-order valence-electron chi connectivity index (χ4n) is 3.78. The Morgan fingerprint density at radius 3 is 1.52 bits per heavy atom. The van der Waals surface area contributed by atoms with Crippen LogP contribution < -0.4 is 0 Å². The number of carbonyl (C=O) groups excluding carboxylic acids is 2. The largest absolute Gasteiger partial charge is 0.454 e. The smallest absolute Gasteiger partial charge is 0.198 e. The minimum Gasteiger partial charge on any atom is -0.454 e. The van der Waals surface area contributed by atoms with Crippen molar-refractivity contribution in [1.29, 1.82) is 10.5 Å². The molecule has 0 N–H and O–H groups in total. The van der Waals surface area contributed by atoms with E-state index in [1.165, 1.54) is 0 Å². The van der Waals surface area contributed by atoms with Crippen LogP contribution in [0.2, 0.25) is 0 Å². The maximum Gasteiger partial charge on any atom is 0.198 e. The van der Waals surface area contributed by atoms with Gasteiger partial charge in [0.15, 0.2) is 11.6 Å². The first-order valence-corrected chi connectivity index (χ1v) is 8.17. The van der Waals surface area contributed by atoms with Crippen molar-refractivity contribution in [2.24, 2.45) is 0 Å². The summed E-state index contributed by atoms with van der Waals surface area (Å²) in [4.78, 5) is 26.0. The highest BCUT2D eigenvalue weighted by Crippen LogP contribution is 2.51. The number of ether oxygens (including phenoxy) is 1. The third kappa shape index (κ3) is 1.75. The fourth-order valence-corrected chi connectivity index (χ4v) is 3.78. The Labute approximate surface area is 153 Å². The molecule has 5 heteroatoms. The van der Waals surface area contributed by atoms with E-state index in [9.17, 15) is 20.1 Å². The molecule has 2 aromatic carbocycles. The number of nitriles is 2. The number of rotatable bonds is 0. The molecule has 0 bridgehead atoms. The van der Waals surface area contributed by atoms with E-state index in [4.69, 9.17) is 4.74 Å². The molecule has 27 heavy (non-hydrogen) atoms. The van der Waals surface area contributed by atoms with Crippen molar-refractivity contribution in [3.8, 4) is 12.1 Å². The van der Waals surface area contributed by atoms with Gasteiger partial charge in [0.1, 0.15) is 29.2 Å². The Hall–Kier alpha value is -4.22. The molecule has 0 spiro atoms. The highest BCUT2D eigenvalue weighted by Gasteiger charge is 2.46. The Bertz CT molecular complexity index is 1200. The molecule has 5 nitrogen and oxygen atoms in total. The van der Waals surface area contributed by atoms with Crippen molar-refractivity contribution in [2.45, 2.75) is 0 Å². The molecule has 0 aromatic heterocycles. The Kier molecular flexibility index (Phi) is 2.87. The summed E-state index contributed by atoms with van der Waals surface area (Å²) in [5.41, 5.74) is 2.04. The molecule has 2 aliphatic carbocycles. The van der Waals surface area contributed by atoms with Crippen LogP contribution in [0.5, 0.6) is 0 Å². The zero-order valence-corrected chi connectivity index (χ0v) is 13.7. The van der Waals surface area contributed by atoms with Crippen LogP contribution in [0.1, 0.15) is 31.8 Å². The third-order valence-electron chi connectivity index (χ3n) is 4.92. The molecular weight excluding hydrogens is 340 g/mol. The van der Waals surface area contributed by atoms with E-state index in [1.54, 1.807) is 48.5 Å². The lowest BCUT2D eigenvalue weighted by molar-refractivity contribution is 0.103. The van der Waals surface area contributed by atoms with Gasteiger partial charge in [0, 0.05) is 27.8 Å². The second-order valence-corrected chi connectivity index (χ2v) is 6.23. The molecule has 124 valence electrons. The summed E-state index contributed by atoms with van der Waals surface area (Å²) >= 11 is 0. The van der Waals surface area contributed by atoms with Crippen LogP contribution >= 0.6 is 0 Å². The number of allylic oxidation sites excluding steroid dienone is 4. The van der Waals surface area contributed by atoms with Gasteiger partial charge in [0.05, 0.1) is 11.1 Å². The van der Waals surface area contributed by atoms with Crippen molar-refractivity contribution in [3.05, 3.63) is 93.1 Å². The molecule has 0 radical (unpaired) electrons. The Morgan fingerprint density at radius 1 is 0.704 bits per heavy atom. The number of nitrogens with zero attached hydrogens (tertiary/aromatic N) is 2. The molecule has 5 rings (SSSR count). The maximum atomic E-state index is 13.0. The maximum absolute atomic E-state index is 13.0. The normalized spacial score (nSPS) is 16.1. The summed E-state index contributed by atoms with van der Waals surface area (Å²) in [5.74, 6) is -0.128. The molecule has 0 atom stereocenters. The van der Waals surface area contributed by atoms with Crippen LogP contribution in [0.3, 0.4) is 0 Å². The van der Waals surface area contributed by atoms with Crippen molar-refractivity contribution in [1.82, 2.24) is 0 Å².